The van der Waals surface area contributed by atoms with Crippen LogP contribution in [0.3, 0.4) is 0 Å². The van der Waals surface area contributed by atoms with Gasteiger partial charge in [-0.15, -0.1) is 0 Å². The lowest BCUT2D eigenvalue weighted by molar-refractivity contribution is -0.117. The molecule has 1 unspecified atom stereocenters. The quantitative estimate of drug-likeness (QED) is 0.834. The molecule has 0 bridgehead atoms. The fourth-order valence-corrected chi connectivity index (χ4v) is 2.10. The van der Waals surface area contributed by atoms with Crippen LogP contribution >= 0.6 is 15.9 Å². The molecule has 0 spiro atoms. The van der Waals surface area contributed by atoms with Gasteiger partial charge in [0.15, 0.2) is 0 Å². The van der Waals surface area contributed by atoms with E-state index in [-0.39, 0.29) is 5.91 Å². The molecule has 2 rings (SSSR count). The van der Waals surface area contributed by atoms with Crippen molar-refractivity contribution in [3.63, 3.8) is 0 Å². The van der Waals surface area contributed by atoms with Crippen LogP contribution in [0.1, 0.15) is 23.6 Å². The zero-order valence-electron chi connectivity index (χ0n) is 13.5. The zero-order chi connectivity index (χ0) is 16.7. The highest BCUT2D eigenvalue weighted by molar-refractivity contribution is 9.10. The van der Waals surface area contributed by atoms with Crippen molar-refractivity contribution in [1.29, 1.82) is 0 Å². The van der Waals surface area contributed by atoms with E-state index in [9.17, 15) is 4.79 Å². The third kappa shape index (κ3) is 6.87. The van der Waals surface area contributed by atoms with Gasteiger partial charge in [-0.05, 0) is 63.1 Å². The molecule has 0 fully saturated rings. The molecule has 22 heavy (non-hydrogen) atoms. The first-order chi connectivity index (χ1) is 10.3. The van der Waals surface area contributed by atoms with Crippen LogP contribution in [0.4, 0.5) is 5.69 Å². The highest BCUT2D eigenvalue weighted by Gasteiger charge is 2.07. The number of aryl methyl sites for hydroxylation is 3. The molecule has 0 aliphatic carbocycles. The van der Waals surface area contributed by atoms with Crippen LogP contribution in [0.15, 0.2) is 46.9 Å². The Hall–Kier alpha value is -1.65. The number of carbonyl (C=O) groups is 1. The number of benzene rings is 2. The monoisotopic (exact) mass is 362 g/mol. The summed E-state index contributed by atoms with van der Waals surface area (Å²) >= 11 is 3.35. The van der Waals surface area contributed by atoms with Crippen molar-refractivity contribution in [2.45, 2.75) is 33.7 Å². The summed E-state index contributed by atoms with van der Waals surface area (Å²) in [5, 5.41) is 2.76. The Morgan fingerprint density at radius 3 is 1.91 bits per heavy atom. The van der Waals surface area contributed by atoms with Crippen LogP contribution in [0.5, 0.6) is 0 Å². The predicted octanol–water partition coefficient (Wildman–Crippen LogP) is 4.35. The maximum absolute atomic E-state index is 11.3. The Morgan fingerprint density at radius 2 is 1.50 bits per heavy atom. The van der Waals surface area contributed by atoms with Crippen molar-refractivity contribution in [3.05, 3.63) is 63.6 Å². The normalized spacial score (nSPS) is 11.2. The summed E-state index contributed by atoms with van der Waals surface area (Å²) in [4.78, 5) is 11.3. The fourth-order valence-electron chi connectivity index (χ4n) is 1.84. The summed E-state index contributed by atoms with van der Waals surface area (Å²) in [6, 6.07) is 13.6. The van der Waals surface area contributed by atoms with E-state index in [1.54, 1.807) is 6.92 Å². The molecule has 2 aromatic carbocycles. The molecule has 3 N–H and O–H groups in total. The fraction of sp³-hybridized carbons (Fsp3) is 0.278. The molecule has 118 valence electrons. The van der Waals surface area contributed by atoms with Gasteiger partial charge in [-0.25, -0.2) is 0 Å². The summed E-state index contributed by atoms with van der Waals surface area (Å²) in [6.45, 7) is 7.73. The Bertz CT molecular complexity index is 580. The molecule has 0 aliphatic rings. The third-order valence-corrected chi connectivity index (χ3v) is 3.44. The molecule has 0 saturated heterocycles. The highest BCUT2D eigenvalue weighted by Crippen LogP contribution is 2.13. The van der Waals surface area contributed by atoms with Crippen LogP contribution in [0.2, 0.25) is 0 Å². The van der Waals surface area contributed by atoms with Crippen LogP contribution < -0.4 is 11.1 Å². The van der Waals surface area contributed by atoms with Gasteiger partial charge in [-0.2, -0.15) is 0 Å². The van der Waals surface area contributed by atoms with E-state index in [1.165, 1.54) is 5.56 Å². The van der Waals surface area contributed by atoms with Crippen LogP contribution in [-0.2, 0) is 4.79 Å². The minimum atomic E-state index is -0.476. The maximum atomic E-state index is 11.3. The lowest BCUT2D eigenvalue weighted by Gasteiger charge is -2.09. The molecule has 3 nitrogen and oxygen atoms in total. The van der Waals surface area contributed by atoms with E-state index in [1.807, 2.05) is 38.1 Å². The molecule has 0 saturated carbocycles. The van der Waals surface area contributed by atoms with Gasteiger partial charge < -0.3 is 11.1 Å². The van der Waals surface area contributed by atoms with Crippen LogP contribution in [0, 0.1) is 20.8 Å². The second-order valence-corrected chi connectivity index (χ2v) is 6.37. The average molecular weight is 363 g/mol. The molecular formula is C18H23BrN2O. The summed E-state index contributed by atoms with van der Waals surface area (Å²) < 4.78 is 1.14. The average Bonchev–Trinajstić information content (AvgIpc) is 2.41. The van der Waals surface area contributed by atoms with Gasteiger partial charge in [0.25, 0.3) is 0 Å². The lowest BCUT2D eigenvalue weighted by atomic mass is 10.1. The number of halogens is 1. The van der Waals surface area contributed by atoms with E-state index in [2.05, 4.69) is 46.4 Å². The van der Waals surface area contributed by atoms with Crippen molar-refractivity contribution in [1.82, 2.24) is 0 Å². The minimum absolute atomic E-state index is 0.157. The van der Waals surface area contributed by atoms with E-state index < -0.39 is 6.04 Å². The number of amides is 1. The van der Waals surface area contributed by atoms with Crippen LogP contribution in [0.25, 0.3) is 0 Å². The van der Waals surface area contributed by atoms with Gasteiger partial charge in [0.1, 0.15) is 0 Å². The third-order valence-electron chi connectivity index (χ3n) is 2.91. The van der Waals surface area contributed by atoms with Crippen molar-refractivity contribution < 1.29 is 4.79 Å². The van der Waals surface area contributed by atoms with Gasteiger partial charge in [-0.3, -0.25) is 4.79 Å². The molecule has 0 radical (unpaired) electrons. The second-order valence-electron chi connectivity index (χ2n) is 5.45. The molecule has 4 heteroatoms. The SMILES string of the molecule is Cc1cc(C)cc(NC(=O)C(C)N)c1.Cc1ccc(Br)cc1. The van der Waals surface area contributed by atoms with Gasteiger partial charge in [-0.1, -0.05) is 39.7 Å². The first kappa shape index (κ1) is 18.4. The van der Waals surface area contributed by atoms with Crippen molar-refractivity contribution in [2.24, 2.45) is 5.73 Å². The Kier molecular flexibility index (Phi) is 7.28. The number of nitrogens with two attached hydrogens (primary N) is 1. The van der Waals surface area contributed by atoms with E-state index in [4.69, 9.17) is 5.73 Å². The minimum Gasteiger partial charge on any atom is -0.325 e. The maximum Gasteiger partial charge on any atom is 0.240 e. The summed E-state index contributed by atoms with van der Waals surface area (Å²) in [6.07, 6.45) is 0. The number of hydrogen-bond donors (Lipinski definition) is 2. The number of rotatable bonds is 2. The lowest BCUT2D eigenvalue weighted by Crippen LogP contribution is -2.32. The Morgan fingerprint density at radius 1 is 1.00 bits per heavy atom. The van der Waals surface area contributed by atoms with Crippen molar-refractivity contribution >= 4 is 27.5 Å². The smallest absolute Gasteiger partial charge is 0.240 e. The molecule has 0 aromatic heterocycles. The molecule has 1 amide bonds. The van der Waals surface area contributed by atoms with E-state index in [0.29, 0.717) is 0 Å². The number of nitrogens with one attached hydrogen (secondary N) is 1. The van der Waals surface area contributed by atoms with Crippen LogP contribution in [-0.4, -0.2) is 11.9 Å². The summed E-state index contributed by atoms with van der Waals surface area (Å²) in [5.74, 6) is -0.157. The Balaban J connectivity index is 0.000000255. The molecule has 1 atom stereocenters. The van der Waals surface area contributed by atoms with E-state index >= 15 is 0 Å². The number of hydrogen-bond acceptors (Lipinski definition) is 2. The van der Waals surface area contributed by atoms with Gasteiger partial charge >= 0.3 is 0 Å². The molecule has 2 aromatic rings. The molecule has 0 heterocycles. The summed E-state index contributed by atoms with van der Waals surface area (Å²) in [7, 11) is 0. The predicted molar refractivity (Wildman–Crippen MR) is 97.1 cm³/mol. The van der Waals surface area contributed by atoms with Gasteiger partial charge in [0.2, 0.25) is 5.91 Å². The first-order valence-corrected chi connectivity index (χ1v) is 7.94. The molecular weight excluding hydrogens is 340 g/mol. The number of carbonyl (C=O) groups excluding carboxylic acids is 1. The Labute approximate surface area is 141 Å². The van der Waals surface area contributed by atoms with Crippen molar-refractivity contribution in [2.75, 3.05) is 5.32 Å². The van der Waals surface area contributed by atoms with Gasteiger partial charge in [0.05, 0.1) is 6.04 Å². The van der Waals surface area contributed by atoms with Crippen molar-refractivity contribution in [3.8, 4) is 0 Å². The number of anilines is 1. The first-order valence-electron chi connectivity index (χ1n) is 7.15. The second kappa shape index (κ2) is 8.71. The zero-order valence-corrected chi connectivity index (χ0v) is 15.1. The van der Waals surface area contributed by atoms with E-state index in [0.717, 1.165) is 21.3 Å². The topological polar surface area (TPSA) is 55.1 Å². The van der Waals surface area contributed by atoms with Gasteiger partial charge in [0, 0.05) is 10.2 Å². The highest BCUT2D eigenvalue weighted by atomic mass is 79.9. The molecule has 0 aliphatic heterocycles. The summed E-state index contributed by atoms with van der Waals surface area (Å²) in [5.41, 5.74) is 9.82. The largest absolute Gasteiger partial charge is 0.325 e. The standard InChI is InChI=1S/C11H16N2O.C7H7Br/c1-7-4-8(2)6-10(5-7)13-11(14)9(3)12;1-6-2-4-7(8)5-3-6/h4-6,9H,12H2,1-3H3,(H,13,14);2-5H,1H3.